The van der Waals surface area contributed by atoms with Crippen molar-refractivity contribution in [2.75, 3.05) is 57.8 Å². The maximum absolute atomic E-state index is 13.8. The Bertz CT molecular complexity index is 1570. The van der Waals surface area contributed by atoms with Crippen LogP contribution in [0.25, 0.3) is 0 Å². The van der Waals surface area contributed by atoms with Gasteiger partial charge in [0.1, 0.15) is 0 Å². The largest absolute Gasteiger partial charge is 0.465 e. The van der Waals surface area contributed by atoms with Gasteiger partial charge in [0.15, 0.2) is 0 Å². The number of aromatic amines is 1. The van der Waals surface area contributed by atoms with Crippen LogP contribution in [0.2, 0.25) is 0 Å². The summed E-state index contributed by atoms with van der Waals surface area (Å²) in [5, 5.41) is 13.0. The molecule has 0 bridgehead atoms. The number of carboxylic acid groups (broad SMARTS) is 1. The number of aromatic nitrogens is 1. The zero-order valence-electron chi connectivity index (χ0n) is 30.3. The molecule has 0 radical (unpaired) electrons. The molecule has 3 N–H and O–H groups in total. The first-order valence-electron chi connectivity index (χ1n) is 17.4. The van der Waals surface area contributed by atoms with Crippen LogP contribution in [0, 0.1) is 38.0 Å². The van der Waals surface area contributed by atoms with Crippen LogP contribution in [-0.4, -0.2) is 102 Å². The first-order valence-corrected chi connectivity index (χ1v) is 17.4. The first kappa shape index (κ1) is 37.0. The first-order chi connectivity index (χ1) is 22.7. The topological polar surface area (TPSA) is 112 Å². The van der Waals surface area contributed by atoms with E-state index in [1.165, 1.54) is 0 Å². The van der Waals surface area contributed by atoms with Gasteiger partial charge >= 0.3 is 6.09 Å². The fraction of sp³-hybridized carbons (Fsp3) is 0.605. The van der Waals surface area contributed by atoms with Crippen LogP contribution in [0.3, 0.4) is 0 Å². The summed E-state index contributed by atoms with van der Waals surface area (Å²) in [5.74, 6) is 6.48. The molecule has 1 aliphatic carbocycles. The Balaban J connectivity index is 1.60. The van der Waals surface area contributed by atoms with Gasteiger partial charge in [0.2, 0.25) is 0 Å². The molecule has 1 saturated heterocycles. The summed E-state index contributed by atoms with van der Waals surface area (Å²) in [5.41, 5.74) is 5.05. The van der Waals surface area contributed by atoms with Crippen molar-refractivity contribution in [1.29, 1.82) is 0 Å². The number of benzene rings is 1. The van der Waals surface area contributed by atoms with Crippen LogP contribution in [0.15, 0.2) is 23.0 Å². The molecule has 1 aliphatic heterocycles. The highest BCUT2D eigenvalue weighted by atomic mass is 16.4. The maximum atomic E-state index is 13.8. The predicted molar refractivity (Wildman–Crippen MR) is 193 cm³/mol. The lowest BCUT2D eigenvalue weighted by Crippen LogP contribution is -2.48. The zero-order valence-corrected chi connectivity index (χ0v) is 30.3. The third-order valence-corrected chi connectivity index (χ3v) is 9.76. The number of amides is 2. The quantitative estimate of drug-likeness (QED) is 0.325. The number of hydrogen-bond acceptors (Lipinski definition) is 6. The number of pyridine rings is 1. The second kappa shape index (κ2) is 16.1. The second-order valence-corrected chi connectivity index (χ2v) is 14.9. The number of aryl methyl sites for hydroxylation is 2. The average molecular weight is 661 g/mol. The third kappa shape index (κ3) is 9.64. The predicted octanol–water partition coefficient (Wildman–Crippen LogP) is 4.99. The lowest BCUT2D eigenvalue weighted by molar-refractivity contribution is 0.0863. The fourth-order valence-electron chi connectivity index (χ4n) is 7.10. The van der Waals surface area contributed by atoms with Crippen molar-refractivity contribution in [3.05, 3.63) is 62.1 Å². The number of nitrogens with one attached hydrogen (secondary N) is 2. The summed E-state index contributed by atoms with van der Waals surface area (Å²) in [6, 6.07) is 6.11. The molecule has 2 fully saturated rings. The minimum Gasteiger partial charge on any atom is -0.465 e. The van der Waals surface area contributed by atoms with Gasteiger partial charge in [0.25, 0.3) is 11.5 Å². The maximum Gasteiger partial charge on any atom is 0.407 e. The number of carbonyl (C=O) groups excluding carboxylic acids is 1. The lowest BCUT2D eigenvalue weighted by Gasteiger charge is -2.42. The van der Waals surface area contributed by atoms with Gasteiger partial charge in [-0.1, -0.05) is 32.6 Å². The van der Waals surface area contributed by atoms with E-state index in [1.54, 1.807) is 4.90 Å². The SMILES string of the molecule is CCN(c1cc(C#CCN2CCN(C)CC2)cc(C(=O)NCc2c(C)cc(C)[nH]c2=O)c1C)C1CCC(N(CC(C)(C)C)C(=O)O)CC1. The molecule has 1 aromatic heterocycles. The van der Waals surface area contributed by atoms with Crippen molar-refractivity contribution in [3.63, 3.8) is 0 Å². The van der Waals surface area contributed by atoms with Crippen LogP contribution in [0.1, 0.15) is 91.7 Å². The van der Waals surface area contributed by atoms with Crippen molar-refractivity contribution < 1.29 is 14.7 Å². The van der Waals surface area contributed by atoms with Gasteiger partial charge in [-0.15, -0.1) is 0 Å². The minimum atomic E-state index is -0.849. The molecule has 2 aliphatic rings. The number of anilines is 1. The number of hydrogen-bond donors (Lipinski definition) is 3. The summed E-state index contributed by atoms with van der Waals surface area (Å²) >= 11 is 0. The Morgan fingerprint density at radius 3 is 2.25 bits per heavy atom. The Hall–Kier alpha value is -3.81. The minimum absolute atomic E-state index is 0.000672. The van der Waals surface area contributed by atoms with Crippen LogP contribution in [-0.2, 0) is 6.54 Å². The van der Waals surface area contributed by atoms with Crippen molar-refractivity contribution in [2.45, 2.75) is 92.8 Å². The number of nitrogens with zero attached hydrogens (tertiary/aromatic N) is 4. The molecule has 1 aromatic carbocycles. The van der Waals surface area contributed by atoms with E-state index in [4.69, 9.17) is 0 Å². The van der Waals surface area contributed by atoms with E-state index in [-0.39, 0.29) is 35.5 Å². The third-order valence-electron chi connectivity index (χ3n) is 9.76. The van der Waals surface area contributed by atoms with Crippen molar-refractivity contribution in [1.82, 2.24) is 25.0 Å². The zero-order chi connectivity index (χ0) is 35.2. The Kier molecular flexibility index (Phi) is 12.4. The molecule has 10 heteroatoms. The summed E-state index contributed by atoms with van der Waals surface area (Å²) < 4.78 is 0. The molecule has 2 heterocycles. The van der Waals surface area contributed by atoms with Gasteiger partial charge in [-0.05, 0) is 95.2 Å². The summed E-state index contributed by atoms with van der Waals surface area (Å²) in [6.45, 7) is 20.1. The highest BCUT2D eigenvalue weighted by molar-refractivity contribution is 5.97. The fourth-order valence-corrected chi connectivity index (χ4v) is 7.10. The molecule has 48 heavy (non-hydrogen) atoms. The Labute approximate surface area is 286 Å². The molecule has 2 aromatic rings. The van der Waals surface area contributed by atoms with Crippen molar-refractivity contribution >= 4 is 17.7 Å². The van der Waals surface area contributed by atoms with Gasteiger partial charge in [-0.3, -0.25) is 14.5 Å². The van der Waals surface area contributed by atoms with E-state index in [1.807, 2.05) is 32.9 Å². The van der Waals surface area contributed by atoms with Gasteiger partial charge < -0.3 is 30.1 Å². The molecule has 4 rings (SSSR count). The van der Waals surface area contributed by atoms with Gasteiger partial charge in [0, 0.05) is 86.0 Å². The van der Waals surface area contributed by atoms with Crippen molar-refractivity contribution in [3.8, 4) is 11.8 Å². The Morgan fingerprint density at radius 2 is 1.67 bits per heavy atom. The summed E-state index contributed by atoms with van der Waals surface area (Å²) in [4.78, 5) is 50.2. The van der Waals surface area contributed by atoms with Crippen LogP contribution in [0.4, 0.5) is 10.5 Å². The number of rotatable bonds is 9. The van der Waals surface area contributed by atoms with Crippen LogP contribution >= 0.6 is 0 Å². The van der Waals surface area contributed by atoms with Crippen LogP contribution < -0.4 is 15.8 Å². The van der Waals surface area contributed by atoms with E-state index in [9.17, 15) is 19.5 Å². The van der Waals surface area contributed by atoms with E-state index in [0.29, 0.717) is 24.2 Å². The highest BCUT2D eigenvalue weighted by Crippen LogP contribution is 2.34. The van der Waals surface area contributed by atoms with E-state index in [0.717, 1.165) is 86.5 Å². The summed E-state index contributed by atoms with van der Waals surface area (Å²) in [6.07, 6.45) is 2.47. The number of likely N-dealkylation sites (N-methyl/N-ethyl adjacent to an activating group) is 1. The molecule has 0 unspecified atom stereocenters. The summed E-state index contributed by atoms with van der Waals surface area (Å²) in [7, 11) is 2.14. The average Bonchev–Trinajstić information content (AvgIpc) is 3.01. The van der Waals surface area contributed by atoms with E-state index in [2.05, 4.69) is 77.7 Å². The molecule has 1 saturated carbocycles. The monoisotopic (exact) mass is 660 g/mol. The smallest absolute Gasteiger partial charge is 0.407 e. The van der Waals surface area contributed by atoms with E-state index < -0.39 is 6.09 Å². The molecular formula is C38H56N6O4. The van der Waals surface area contributed by atoms with Crippen LogP contribution in [0.5, 0.6) is 0 Å². The molecule has 10 nitrogen and oxygen atoms in total. The molecule has 2 amide bonds. The molecule has 0 spiro atoms. The van der Waals surface area contributed by atoms with E-state index >= 15 is 0 Å². The second-order valence-electron chi connectivity index (χ2n) is 14.9. The normalized spacial score (nSPS) is 18.9. The van der Waals surface area contributed by atoms with Gasteiger partial charge in [-0.25, -0.2) is 4.79 Å². The number of piperazine rings is 1. The molecular weight excluding hydrogens is 604 g/mol. The lowest BCUT2D eigenvalue weighted by atomic mass is 9.87. The molecule has 262 valence electrons. The molecule has 0 atom stereocenters. The number of carbonyl (C=O) groups is 2. The highest BCUT2D eigenvalue weighted by Gasteiger charge is 2.33. The standard InChI is InChI=1S/C38H56N6O4/c1-9-43(30-12-14-31(15-13-30)44(37(47)48)25-38(5,6)7)34-23-29(11-10-16-42-19-17-41(8)18-20-42)22-32(28(34)4)35(45)39-24-33-26(2)21-27(3)40-36(33)46/h21-23,30-31H,9,12-20,24-25H2,1-8H3,(H,39,45)(H,40,46)(H,47,48). The van der Waals surface area contributed by atoms with Crippen molar-refractivity contribution in [2.24, 2.45) is 5.41 Å². The van der Waals surface area contributed by atoms with Gasteiger partial charge in [-0.2, -0.15) is 0 Å². The van der Waals surface area contributed by atoms with Gasteiger partial charge in [0.05, 0.1) is 6.54 Å². The Morgan fingerprint density at radius 1 is 1.02 bits per heavy atom. The number of H-pyrrole nitrogens is 1.